The maximum atomic E-state index is 11.4. The molecule has 0 aliphatic heterocycles. The first-order chi connectivity index (χ1) is 8.63. The molecular formula is C13H24N4O. The Bertz CT molecular complexity index is 360. The Morgan fingerprint density at radius 3 is 2.94 bits per heavy atom. The number of carbonyl (C=O) groups excluding carboxylic acids is 1. The lowest BCUT2D eigenvalue weighted by Crippen LogP contribution is -2.32. The van der Waals surface area contributed by atoms with Crippen LogP contribution in [0.5, 0.6) is 0 Å². The van der Waals surface area contributed by atoms with Gasteiger partial charge in [0.1, 0.15) is 0 Å². The Hall–Kier alpha value is -1.36. The van der Waals surface area contributed by atoms with Gasteiger partial charge < -0.3 is 15.2 Å². The summed E-state index contributed by atoms with van der Waals surface area (Å²) in [5, 5.41) is 6.14. The summed E-state index contributed by atoms with van der Waals surface area (Å²) in [6.07, 6.45) is 5.34. The summed E-state index contributed by atoms with van der Waals surface area (Å²) < 4.78 is 2.14. The molecule has 0 radical (unpaired) electrons. The molecule has 0 bridgehead atoms. The largest absolute Gasteiger partial charge is 0.354 e. The molecule has 0 aliphatic rings. The van der Waals surface area contributed by atoms with Crippen LogP contribution in [0, 0.1) is 0 Å². The quantitative estimate of drug-likeness (QED) is 0.686. The van der Waals surface area contributed by atoms with Gasteiger partial charge in [0, 0.05) is 38.3 Å². The van der Waals surface area contributed by atoms with E-state index in [0.717, 1.165) is 19.5 Å². The van der Waals surface area contributed by atoms with Crippen LogP contribution in [0.15, 0.2) is 12.5 Å². The number of aromatic nitrogens is 2. The van der Waals surface area contributed by atoms with Gasteiger partial charge in [-0.1, -0.05) is 6.92 Å². The lowest BCUT2D eigenvalue weighted by molar-refractivity contribution is -0.121. The molecule has 0 aromatic carbocycles. The highest BCUT2D eigenvalue weighted by atomic mass is 16.1. The Balaban J connectivity index is 2.21. The fourth-order valence-corrected chi connectivity index (χ4v) is 1.75. The van der Waals surface area contributed by atoms with Crippen molar-refractivity contribution in [1.29, 1.82) is 0 Å². The van der Waals surface area contributed by atoms with Crippen molar-refractivity contribution >= 4 is 5.91 Å². The Labute approximate surface area is 109 Å². The van der Waals surface area contributed by atoms with E-state index in [0.29, 0.717) is 13.0 Å². The molecule has 5 heteroatoms. The van der Waals surface area contributed by atoms with Crippen molar-refractivity contribution in [3.05, 3.63) is 18.2 Å². The zero-order valence-corrected chi connectivity index (χ0v) is 11.6. The third-order valence-electron chi connectivity index (χ3n) is 2.55. The second-order valence-electron chi connectivity index (χ2n) is 4.73. The molecule has 18 heavy (non-hydrogen) atoms. The van der Waals surface area contributed by atoms with Crippen molar-refractivity contribution in [2.45, 2.75) is 52.7 Å². The van der Waals surface area contributed by atoms with Crippen LogP contribution in [0.1, 0.15) is 39.3 Å². The second kappa shape index (κ2) is 7.87. The van der Waals surface area contributed by atoms with Gasteiger partial charge in [-0.2, -0.15) is 0 Å². The van der Waals surface area contributed by atoms with E-state index in [-0.39, 0.29) is 11.9 Å². The average Bonchev–Trinajstić information content (AvgIpc) is 2.72. The van der Waals surface area contributed by atoms with Gasteiger partial charge in [0.2, 0.25) is 5.91 Å². The van der Waals surface area contributed by atoms with E-state index in [4.69, 9.17) is 0 Å². The van der Waals surface area contributed by atoms with Crippen LogP contribution in [-0.4, -0.2) is 28.0 Å². The van der Waals surface area contributed by atoms with Crippen molar-refractivity contribution in [2.24, 2.45) is 0 Å². The zero-order valence-electron chi connectivity index (χ0n) is 11.6. The number of carbonyl (C=O) groups is 1. The summed E-state index contributed by atoms with van der Waals surface area (Å²) in [4.78, 5) is 15.6. The molecule has 0 fully saturated rings. The van der Waals surface area contributed by atoms with E-state index < -0.39 is 0 Å². The number of imidazole rings is 1. The molecule has 1 aromatic heterocycles. The number of hydrogen-bond donors (Lipinski definition) is 2. The molecule has 2 N–H and O–H groups in total. The summed E-state index contributed by atoms with van der Waals surface area (Å²) in [7, 11) is 0. The average molecular weight is 252 g/mol. The first-order valence-electron chi connectivity index (χ1n) is 6.62. The van der Waals surface area contributed by atoms with Crippen LogP contribution in [0.25, 0.3) is 0 Å². The number of rotatable bonds is 8. The molecule has 0 atom stereocenters. The first-order valence-corrected chi connectivity index (χ1v) is 6.62. The first kappa shape index (κ1) is 14.7. The van der Waals surface area contributed by atoms with E-state index in [1.54, 1.807) is 0 Å². The number of amides is 1. The van der Waals surface area contributed by atoms with Crippen LogP contribution in [0.3, 0.4) is 0 Å². The molecule has 0 saturated carbocycles. The van der Waals surface area contributed by atoms with Gasteiger partial charge in [-0.15, -0.1) is 0 Å². The fourth-order valence-electron chi connectivity index (χ4n) is 1.75. The molecule has 5 nitrogen and oxygen atoms in total. The standard InChI is InChI=1S/C13H24N4O/c1-4-7-17-10-15-9-12(17)8-14-6-5-13(18)16-11(2)3/h9-11,14H,4-8H2,1-3H3,(H,16,18). The zero-order chi connectivity index (χ0) is 13.4. The smallest absolute Gasteiger partial charge is 0.221 e. The summed E-state index contributed by atoms with van der Waals surface area (Å²) in [6, 6.07) is 0.212. The second-order valence-corrected chi connectivity index (χ2v) is 4.73. The van der Waals surface area contributed by atoms with E-state index >= 15 is 0 Å². The van der Waals surface area contributed by atoms with Crippen molar-refractivity contribution < 1.29 is 4.79 Å². The number of nitrogens with one attached hydrogen (secondary N) is 2. The lowest BCUT2D eigenvalue weighted by Gasteiger charge is -2.10. The predicted octanol–water partition coefficient (Wildman–Crippen LogP) is 1.30. The molecule has 1 amide bonds. The van der Waals surface area contributed by atoms with Gasteiger partial charge >= 0.3 is 0 Å². The molecule has 1 heterocycles. The van der Waals surface area contributed by atoms with Gasteiger partial charge in [0.05, 0.1) is 12.0 Å². The van der Waals surface area contributed by atoms with Gasteiger partial charge in [0.25, 0.3) is 0 Å². The molecule has 0 unspecified atom stereocenters. The Kier molecular flexibility index (Phi) is 6.43. The molecule has 0 saturated heterocycles. The molecule has 1 aromatic rings. The topological polar surface area (TPSA) is 59.0 Å². The molecule has 0 spiro atoms. The Morgan fingerprint density at radius 1 is 1.50 bits per heavy atom. The van der Waals surface area contributed by atoms with Crippen molar-refractivity contribution in [3.63, 3.8) is 0 Å². The number of nitrogens with zero attached hydrogens (tertiary/aromatic N) is 2. The third-order valence-corrected chi connectivity index (χ3v) is 2.55. The minimum atomic E-state index is 0.0968. The van der Waals surface area contributed by atoms with Crippen molar-refractivity contribution in [2.75, 3.05) is 6.54 Å². The van der Waals surface area contributed by atoms with Gasteiger partial charge in [-0.3, -0.25) is 4.79 Å². The van der Waals surface area contributed by atoms with Crippen LogP contribution in [0.2, 0.25) is 0 Å². The van der Waals surface area contributed by atoms with Crippen LogP contribution in [-0.2, 0) is 17.9 Å². The summed E-state index contributed by atoms with van der Waals surface area (Å²) >= 11 is 0. The molecule has 102 valence electrons. The normalized spacial score (nSPS) is 10.9. The van der Waals surface area contributed by atoms with Crippen LogP contribution >= 0.6 is 0 Å². The number of aryl methyl sites for hydroxylation is 1. The SMILES string of the molecule is CCCn1cncc1CNCCC(=O)NC(C)C. The minimum absolute atomic E-state index is 0.0968. The molecule has 1 rings (SSSR count). The highest BCUT2D eigenvalue weighted by Crippen LogP contribution is 2.00. The highest BCUT2D eigenvalue weighted by Gasteiger charge is 2.04. The third kappa shape index (κ3) is 5.31. The molecule has 0 aliphatic carbocycles. The van der Waals surface area contributed by atoms with E-state index in [2.05, 4.69) is 27.1 Å². The fraction of sp³-hybridized carbons (Fsp3) is 0.692. The maximum Gasteiger partial charge on any atom is 0.221 e. The maximum absolute atomic E-state index is 11.4. The minimum Gasteiger partial charge on any atom is -0.354 e. The summed E-state index contributed by atoms with van der Waals surface area (Å²) in [6.45, 7) is 8.52. The van der Waals surface area contributed by atoms with Crippen LogP contribution < -0.4 is 10.6 Å². The van der Waals surface area contributed by atoms with Gasteiger partial charge in [-0.05, 0) is 20.3 Å². The van der Waals surface area contributed by atoms with E-state index in [1.165, 1.54) is 5.69 Å². The highest BCUT2D eigenvalue weighted by molar-refractivity contribution is 5.76. The van der Waals surface area contributed by atoms with Gasteiger partial charge in [0.15, 0.2) is 0 Å². The van der Waals surface area contributed by atoms with E-state index in [9.17, 15) is 4.79 Å². The van der Waals surface area contributed by atoms with Gasteiger partial charge in [-0.25, -0.2) is 4.98 Å². The monoisotopic (exact) mass is 252 g/mol. The van der Waals surface area contributed by atoms with Crippen molar-refractivity contribution in [3.8, 4) is 0 Å². The summed E-state index contributed by atoms with van der Waals surface area (Å²) in [5.41, 5.74) is 1.17. The molecular weight excluding hydrogens is 228 g/mol. The lowest BCUT2D eigenvalue weighted by atomic mass is 10.3. The Morgan fingerprint density at radius 2 is 2.28 bits per heavy atom. The van der Waals surface area contributed by atoms with E-state index in [1.807, 2.05) is 26.4 Å². The van der Waals surface area contributed by atoms with Crippen LogP contribution in [0.4, 0.5) is 0 Å². The summed E-state index contributed by atoms with van der Waals surface area (Å²) in [5.74, 6) is 0.0968. The predicted molar refractivity (Wildman–Crippen MR) is 72.1 cm³/mol. The van der Waals surface area contributed by atoms with Crippen molar-refractivity contribution in [1.82, 2.24) is 20.2 Å². The number of hydrogen-bond acceptors (Lipinski definition) is 3.